The van der Waals surface area contributed by atoms with Crippen molar-refractivity contribution >= 4 is 37.7 Å². The molecular formula is C30H30OSi2. The maximum absolute atomic E-state index is 10.9. The normalized spacial score (nSPS) is 11.6. The molecule has 4 rings (SSSR count). The van der Waals surface area contributed by atoms with E-state index in [1.54, 1.807) is 6.07 Å². The van der Waals surface area contributed by atoms with Crippen LogP contribution in [0.2, 0.25) is 39.3 Å². The maximum Gasteiger partial charge on any atom is 0.129 e. The quantitative estimate of drug-likeness (QED) is 0.226. The molecular weight excluding hydrogens is 433 g/mol. The Bertz CT molecular complexity index is 1490. The van der Waals surface area contributed by atoms with Crippen LogP contribution in [-0.4, -0.2) is 21.3 Å². The highest BCUT2D eigenvalue weighted by atomic mass is 28.3. The Morgan fingerprint density at radius 2 is 1.15 bits per heavy atom. The van der Waals surface area contributed by atoms with Crippen molar-refractivity contribution < 1.29 is 5.11 Å². The predicted octanol–water partition coefficient (Wildman–Crippen LogP) is 7.82. The Hall–Kier alpha value is -3.25. The molecule has 0 atom stereocenters. The minimum Gasteiger partial charge on any atom is -0.507 e. The lowest BCUT2D eigenvalue weighted by Gasteiger charge is -2.13. The van der Waals surface area contributed by atoms with Crippen LogP contribution >= 0.6 is 0 Å². The van der Waals surface area contributed by atoms with Crippen molar-refractivity contribution in [3.8, 4) is 39.8 Å². The van der Waals surface area contributed by atoms with Crippen molar-refractivity contribution in [3.05, 3.63) is 77.9 Å². The average molecular weight is 463 g/mol. The second-order valence-electron chi connectivity index (χ2n) is 10.6. The van der Waals surface area contributed by atoms with E-state index in [4.69, 9.17) is 0 Å². The molecule has 0 spiro atoms. The van der Waals surface area contributed by atoms with Crippen molar-refractivity contribution in [2.75, 3.05) is 0 Å². The highest BCUT2D eigenvalue weighted by Crippen LogP contribution is 2.40. The SMILES string of the molecule is C[Si](C)(C)C#Cc1ccc2c(-c3c(O)ccc4cc(C#C[Si](C)(C)C)ccc34)cccc2c1. The monoisotopic (exact) mass is 462 g/mol. The van der Waals surface area contributed by atoms with Gasteiger partial charge in [-0.25, -0.2) is 0 Å². The molecule has 0 bridgehead atoms. The van der Waals surface area contributed by atoms with E-state index in [1.165, 1.54) is 0 Å². The van der Waals surface area contributed by atoms with Gasteiger partial charge in [0.1, 0.15) is 21.9 Å². The van der Waals surface area contributed by atoms with Crippen molar-refractivity contribution in [1.29, 1.82) is 0 Å². The lowest BCUT2D eigenvalue weighted by atomic mass is 9.92. The van der Waals surface area contributed by atoms with Crippen LogP contribution in [0.25, 0.3) is 32.7 Å². The Balaban J connectivity index is 1.87. The largest absolute Gasteiger partial charge is 0.507 e. The van der Waals surface area contributed by atoms with Gasteiger partial charge in [-0.1, -0.05) is 87.5 Å². The lowest BCUT2D eigenvalue weighted by Crippen LogP contribution is -2.16. The Morgan fingerprint density at radius 1 is 0.606 bits per heavy atom. The molecule has 0 radical (unpaired) electrons. The van der Waals surface area contributed by atoms with E-state index in [0.717, 1.165) is 43.8 Å². The van der Waals surface area contributed by atoms with Crippen molar-refractivity contribution in [2.24, 2.45) is 0 Å². The predicted molar refractivity (Wildman–Crippen MR) is 149 cm³/mol. The molecule has 1 nitrogen and oxygen atoms in total. The van der Waals surface area contributed by atoms with Gasteiger partial charge in [0.05, 0.1) is 0 Å². The first-order valence-corrected chi connectivity index (χ1v) is 18.4. The van der Waals surface area contributed by atoms with E-state index in [1.807, 2.05) is 6.07 Å². The van der Waals surface area contributed by atoms with Gasteiger partial charge in [-0.15, -0.1) is 11.1 Å². The minimum atomic E-state index is -1.44. The average Bonchev–Trinajstić information content (AvgIpc) is 2.75. The summed E-state index contributed by atoms with van der Waals surface area (Å²) < 4.78 is 0. The van der Waals surface area contributed by atoms with Gasteiger partial charge in [-0.05, 0) is 57.4 Å². The first-order valence-electron chi connectivity index (χ1n) is 11.4. The summed E-state index contributed by atoms with van der Waals surface area (Å²) in [4.78, 5) is 0. The van der Waals surface area contributed by atoms with Crippen LogP contribution in [0.5, 0.6) is 5.75 Å². The number of hydrogen-bond donors (Lipinski definition) is 1. The number of fused-ring (bicyclic) bond motifs is 2. The molecule has 33 heavy (non-hydrogen) atoms. The van der Waals surface area contributed by atoms with Gasteiger partial charge in [0.25, 0.3) is 0 Å². The van der Waals surface area contributed by atoms with E-state index in [9.17, 15) is 5.11 Å². The zero-order chi connectivity index (χ0) is 23.8. The smallest absolute Gasteiger partial charge is 0.129 e. The fraction of sp³-hybridized carbons (Fsp3) is 0.200. The van der Waals surface area contributed by atoms with Gasteiger partial charge >= 0.3 is 0 Å². The third kappa shape index (κ3) is 5.40. The van der Waals surface area contributed by atoms with E-state index in [2.05, 4.69) is 117 Å². The van der Waals surface area contributed by atoms with Gasteiger partial charge in [-0.3, -0.25) is 0 Å². The lowest BCUT2D eigenvalue weighted by molar-refractivity contribution is 0.478. The summed E-state index contributed by atoms with van der Waals surface area (Å²) in [5, 5.41) is 15.2. The molecule has 0 saturated carbocycles. The minimum absolute atomic E-state index is 0.290. The van der Waals surface area contributed by atoms with Crippen LogP contribution in [-0.2, 0) is 0 Å². The molecule has 3 heteroatoms. The van der Waals surface area contributed by atoms with Gasteiger partial charge < -0.3 is 5.11 Å². The van der Waals surface area contributed by atoms with E-state index >= 15 is 0 Å². The summed E-state index contributed by atoms with van der Waals surface area (Å²) in [6.45, 7) is 13.5. The van der Waals surface area contributed by atoms with Crippen LogP contribution in [0.4, 0.5) is 0 Å². The third-order valence-corrected chi connectivity index (χ3v) is 7.06. The summed E-state index contributed by atoms with van der Waals surface area (Å²) in [6, 6.07) is 22.7. The van der Waals surface area contributed by atoms with Crippen molar-refractivity contribution in [3.63, 3.8) is 0 Å². The van der Waals surface area contributed by atoms with Gasteiger partial charge in [0.15, 0.2) is 0 Å². The second-order valence-corrected chi connectivity index (χ2v) is 20.1. The molecule has 0 aliphatic heterocycles. The first-order chi connectivity index (χ1) is 15.5. The van der Waals surface area contributed by atoms with Crippen LogP contribution in [0.15, 0.2) is 66.7 Å². The van der Waals surface area contributed by atoms with Crippen LogP contribution in [0, 0.1) is 22.9 Å². The first kappa shape index (κ1) is 22.9. The number of benzene rings is 4. The van der Waals surface area contributed by atoms with E-state index in [0.29, 0.717) is 5.75 Å². The van der Waals surface area contributed by atoms with E-state index < -0.39 is 16.1 Å². The molecule has 0 unspecified atom stereocenters. The maximum atomic E-state index is 10.9. The Kier molecular flexibility index (Phi) is 5.97. The molecule has 0 heterocycles. The summed E-state index contributed by atoms with van der Waals surface area (Å²) in [7, 11) is -2.87. The van der Waals surface area contributed by atoms with Gasteiger partial charge in [0, 0.05) is 16.7 Å². The summed E-state index contributed by atoms with van der Waals surface area (Å²) in [6.07, 6.45) is 0. The summed E-state index contributed by atoms with van der Waals surface area (Å²) in [5.74, 6) is 7.00. The highest BCUT2D eigenvalue weighted by molar-refractivity contribution is 6.84. The zero-order valence-electron chi connectivity index (χ0n) is 20.3. The molecule has 0 aliphatic carbocycles. The Labute approximate surface area is 199 Å². The molecule has 164 valence electrons. The molecule has 0 aliphatic rings. The highest BCUT2D eigenvalue weighted by Gasteiger charge is 2.14. The number of phenolic OH excluding ortho intramolecular Hbond substituents is 1. The summed E-state index contributed by atoms with van der Waals surface area (Å²) in [5.41, 5.74) is 10.8. The van der Waals surface area contributed by atoms with Crippen LogP contribution < -0.4 is 0 Å². The van der Waals surface area contributed by atoms with Gasteiger partial charge in [0.2, 0.25) is 0 Å². The summed E-state index contributed by atoms with van der Waals surface area (Å²) >= 11 is 0. The number of aromatic hydroxyl groups is 1. The number of phenols is 1. The molecule has 0 amide bonds. The van der Waals surface area contributed by atoms with Crippen molar-refractivity contribution in [1.82, 2.24) is 0 Å². The molecule has 0 saturated heterocycles. The Morgan fingerprint density at radius 3 is 1.73 bits per heavy atom. The van der Waals surface area contributed by atoms with E-state index in [-0.39, 0.29) is 0 Å². The van der Waals surface area contributed by atoms with Crippen LogP contribution in [0.1, 0.15) is 11.1 Å². The zero-order valence-corrected chi connectivity index (χ0v) is 22.3. The number of hydrogen-bond acceptors (Lipinski definition) is 1. The molecule has 4 aromatic carbocycles. The van der Waals surface area contributed by atoms with Gasteiger partial charge in [-0.2, -0.15) is 0 Å². The molecule has 1 N–H and O–H groups in total. The molecule has 4 aromatic rings. The second kappa shape index (κ2) is 8.60. The third-order valence-electron chi connectivity index (χ3n) is 5.31. The fourth-order valence-corrected chi connectivity index (χ4v) is 4.82. The fourth-order valence-electron chi connectivity index (χ4n) is 3.78. The van der Waals surface area contributed by atoms with Crippen LogP contribution in [0.3, 0.4) is 0 Å². The molecule has 0 fully saturated rings. The van der Waals surface area contributed by atoms with Crippen molar-refractivity contribution in [2.45, 2.75) is 39.3 Å². The topological polar surface area (TPSA) is 20.2 Å². The number of rotatable bonds is 1. The molecule has 0 aromatic heterocycles. The standard InChI is InChI=1S/C30H30OSi2/c1-32(2,3)18-16-22-10-13-26-24(20-22)8-7-9-28(26)30-27-14-11-23(17-19-33(4,5)6)21-25(27)12-15-29(30)31/h7-15,20-21,31H,1-6H3.